The van der Waals surface area contributed by atoms with Crippen molar-refractivity contribution in [2.75, 3.05) is 13.2 Å². The van der Waals surface area contributed by atoms with Gasteiger partial charge in [-0.15, -0.1) is 0 Å². The summed E-state index contributed by atoms with van der Waals surface area (Å²) in [7, 11) is 0. The average molecular weight is 546 g/mol. The van der Waals surface area contributed by atoms with Crippen molar-refractivity contribution in [3.05, 3.63) is 12.2 Å². The lowest BCUT2D eigenvalue weighted by Gasteiger charge is -2.40. The summed E-state index contributed by atoms with van der Waals surface area (Å²) in [5, 5.41) is 53.0. The third-order valence-electron chi connectivity index (χ3n) is 7.11. The zero-order valence-electron chi connectivity index (χ0n) is 23.7. The normalized spacial score (nSPS) is 25.5. The van der Waals surface area contributed by atoms with Gasteiger partial charge in [-0.05, 0) is 12.8 Å². The van der Waals surface area contributed by atoms with Gasteiger partial charge in [0.25, 0.3) is 0 Å². The van der Waals surface area contributed by atoms with Crippen LogP contribution in [0.1, 0.15) is 110 Å². The lowest BCUT2D eigenvalue weighted by molar-refractivity contribution is -0.302. The molecule has 0 aliphatic carbocycles. The number of rotatable bonds is 22. The van der Waals surface area contributed by atoms with Gasteiger partial charge in [-0.25, -0.2) is 0 Å². The summed E-state index contributed by atoms with van der Waals surface area (Å²) in [5.41, 5.74) is 0. The second-order valence-corrected chi connectivity index (χ2v) is 10.6. The van der Waals surface area contributed by atoms with Crippen LogP contribution < -0.4 is 5.32 Å². The molecule has 38 heavy (non-hydrogen) atoms. The van der Waals surface area contributed by atoms with Crippen LogP contribution in [0.2, 0.25) is 0 Å². The molecule has 0 bridgehead atoms. The number of carbonyl (C=O) groups excluding carboxylic acids is 1. The second-order valence-electron chi connectivity index (χ2n) is 10.6. The Morgan fingerprint density at radius 2 is 1.45 bits per heavy atom. The summed E-state index contributed by atoms with van der Waals surface area (Å²) in [4.78, 5) is 12.6. The number of nitrogens with one attached hydrogen (secondary N) is 1. The molecule has 0 spiro atoms. The first-order valence-electron chi connectivity index (χ1n) is 14.9. The van der Waals surface area contributed by atoms with Crippen LogP contribution in [0.15, 0.2) is 12.2 Å². The molecule has 1 aliphatic rings. The third-order valence-corrected chi connectivity index (χ3v) is 7.11. The van der Waals surface area contributed by atoms with Gasteiger partial charge in [0.2, 0.25) is 5.91 Å². The molecule has 1 fully saturated rings. The molecular formula is C29H55NO8. The SMILES string of the molecule is CCCC/C=C/C(O)C(COC1OC(CO)C(O)C(O)C1O)NC(=O)CCCCCCCCCCCCC. The molecule has 1 amide bonds. The maximum atomic E-state index is 12.6. The first-order valence-corrected chi connectivity index (χ1v) is 14.9. The van der Waals surface area contributed by atoms with E-state index in [1.165, 1.54) is 51.4 Å². The molecule has 0 aromatic carbocycles. The van der Waals surface area contributed by atoms with Crippen molar-refractivity contribution in [2.24, 2.45) is 0 Å². The molecule has 0 radical (unpaired) electrons. The molecular weight excluding hydrogens is 490 g/mol. The number of aliphatic hydroxyl groups excluding tert-OH is 5. The number of allylic oxidation sites excluding steroid dienone is 1. The number of ether oxygens (including phenoxy) is 2. The molecule has 1 aliphatic heterocycles. The molecule has 0 saturated carbocycles. The number of carbonyl (C=O) groups is 1. The molecule has 1 heterocycles. The first-order chi connectivity index (χ1) is 18.3. The molecule has 7 unspecified atom stereocenters. The number of hydrogen-bond donors (Lipinski definition) is 6. The molecule has 0 aromatic rings. The molecule has 7 atom stereocenters. The Hall–Kier alpha value is -1.07. The average Bonchev–Trinajstić information content (AvgIpc) is 2.91. The summed E-state index contributed by atoms with van der Waals surface area (Å²) >= 11 is 0. The van der Waals surface area contributed by atoms with Gasteiger partial charge in [-0.1, -0.05) is 103 Å². The van der Waals surface area contributed by atoms with E-state index >= 15 is 0 Å². The van der Waals surface area contributed by atoms with Crippen molar-refractivity contribution in [1.82, 2.24) is 5.32 Å². The van der Waals surface area contributed by atoms with E-state index in [1.54, 1.807) is 6.08 Å². The van der Waals surface area contributed by atoms with Crippen LogP contribution in [-0.4, -0.2) is 87.5 Å². The van der Waals surface area contributed by atoms with Crippen LogP contribution in [0.25, 0.3) is 0 Å². The fourth-order valence-corrected chi connectivity index (χ4v) is 4.55. The maximum Gasteiger partial charge on any atom is 0.220 e. The van der Waals surface area contributed by atoms with E-state index in [0.717, 1.165) is 38.5 Å². The fourth-order valence-electron chi connectivity index (χ4n) is 4.55. The van der Waals surface area contributed by atoms with Gasteiger partial charge in [0.1, 0.15) is 24.4 Å². The van der Waals surface area contributed by atoms with Crippen LogP contribution in [-0.2, 0) is 14.3 Å². The van der Waals surface area contributed by atoms with Gasteiger partial charge in [0.05, 0.1) is 25.4 Å². The summed E-state index contributed by atoms with van der Waals surface area (Å²) in [6.45, 7) is 3.56. The molecule has 9 nitrogen and oxygen atoms in total. The minimum absolute atomic E-state index is 0.189. The third kappa shape index (κ3) is 14.4. The topological polar surface area (TPSA) is 149 Å². The number of amides is 1. The lowest BCUT2D eigenvalue weighted by Crippen LogP contribution is -2.60. The highest BCUT2D eigenvalue weighted by Crippen LogP contribution is 2.22. The van der Waals surface area contributed by atoms with E-state index in [-0.39, 0.29) is 12.5 Å². The second kappa shape index (κ2) is 21.7. The monoisotopic (exact) mass is 545 g/mol. The summed E-state index contributed by atoms with van der Waals surface area (Å²) < 4.78 is 11.0. The number of unbranched alkanes of at least 4 members (excludes halogenated alkanes) is 12. The highest BCUT2D eigenvalue weighted by Gasteiger charge is 2.44. The van der Waals surface area contributed by atoms with E-state index in [9.17, 15) is 30.3 Å². The molecule has 9 heteroatoms. The van der Waals surface area contributed by atoms with Gasteiger partial charge < -0.3 is 40.3 Å². The number of hydrogen-bond acceptors (Lipinski definition) is 8. The van der Waals surface area contributed by atoms with Gasteiger partial charge >= 0.3 is 0 Å². The van der Waals surface area contributed by atoms with Crippen LogP contribution in [0.4, 0.5) is 0 Å². The van der Waals surface area contributed by atoms with Crippen LogP contribution in [0, 0.1) is 0 Å². The predicted octanol–water partition coefficient (Wildman–Crippen LogP) is 3.10. The molecule has 6 N–H and O–H groups in total. The Morgan fingerprint density at radius 3 is 2.03 bits per heavy atom. The van der Waals surface area contributed by atoms with Gasteiger partial charge in [-0.3, -0.25) is 4.79 Å². The Morgan fingerprint density at radius 1 is 0.868 bits per heavy atom. The maximum absolute atomic E-state index is 12.6. The highest BCUT2D eigenvalue weighted by atomic mass is 16.7. The van der Waals surface area contributed by atoms with E-state index in [4.69, 9.17) is 9.47 Å². The van der Waals surface area contributed by atoms with E-state index < -0.39 is 49.5 Å². The van der Waals surface area contributed by atoms with E-state index in [0.29, 0.717) is 6.42 Å². The highest BCUT2D eigenvalue weighted by molar-refractivity contribution is 5.76. The van der Waals surface area contributed by atoms with Crippen LogP contribution >= 0.6 is 0 Å². The zero-order valence-corrected chi connectivity index (χ0v) is 23.7. The first kappa shape index (κ1) is 35.0. The van der Waals surface area contributed by atoms with Crippen molar-refractivity contribution < 1.29 is 39.8 Å². The van der Waals surface area contributed by atoms with E-state index in [1.807, 2.05) is 6.08 Å². The number of aliphatic hydroxyl groups is 5. The van der Waals surface area contributed by atoms with Crippen LogP contribution in [0.5, 0.6) is 0 Å². The largest absolute Gasteiger partial charge is 0.394 e. The Bertz CT molecular complexity index is 617. The minimum atomic E-state index is -1.56. The molecule has 1 rings (SSSR count). The Kier molecular flexibility index (Phi) is 20.0. The van der Waals surface area contributed by atoms with Gasteiger partial charge in [-0.2, -0.15) is 0 Å². The lowest BCUT2D eigenvalue weighted by atomic mass is 9.99. The van der Waals surface area contributed by atoms with Crippen molar-refractivity contribution >= 4 is 5.91 Å². The molecule has 0 aromatic heterocycles. The Balaban J connectivity index is 2.48. The van der Waals surface area contributed by atoms with Crippen molar-refractivity contribution in [2.45, 2.75) is 153 Å². The van der Waals surface area contributed by atoms with Crippen LogP contribution in [0.3, 0.4) is 0 Å². The fraction of sp³-hybridized carbons (Fsp3) is 0.897. The summed E-state index contributed by atoms with van der Waals surface area (Å²) in [5.74, 6) is -0.190. The smallest absolute Gasteiger partial charge is 0.220 e. The molecule has 1 saturated heterocycles. The van der Waals surface area contributed by atoms with Crippen molar-refractivity contribution in [3.8, 4) is 0 Å². The standard InChI is InChI=1S/C29H55NO8/c1-3-5-7-9-10-11-12-13-14-15-17-19-25(33)30-22(23(32)18-16-8-6-4-2)21-37-29-28(36)27(35)26(34)24(20-31)38-29/h16,18,22-24,26-29,31-32,34-36H,3-15,17,19-21H2,1-2H3,(H,30,33)/b18-16+. The van der Waals surface area contributed by atoms with Gasteiger partial charge in [0, 0.05) is 6.42 Å². The van der Waals surface area contributed by atoms with Crippen molar-refractivity contribution in [3.63, 3.8) is 0 Å². The zero-order chi connectivity index (χ0) is 28.2. The minimum Gasteiger partial charge on any atom is -0.394 e. The summed E-state index contributed by atoms with van der Waals surface area (Å²) in [6, 6.07) is -0.791. The van der Waals surface area contributed by atoms with Gasteiger partial charge in [0.15, 0.2) is 6.29 Å². The van der Waals surface area contributed by atoms with Crippen molar-refractivity contribution in [1.29, 1.82) is 0 Å². The molecule has 224 valence electrons. The quantitative estimate of drug-likeness (QED) is 0.0898. The van der Waals surface area contributed by atoms with E-state index in [2.05, 4.69) is 19.2 Å². The Labute approximate surface area is 229 Å². The predicted molar refractivity (Wildman–Crippen MR) is 147 cm³/mol. The summed E-state index contributed by atoms with van der Waals surface area (Å²) in [6.07, 6.45) is 11.8.